The number of thiophene rings is 1. The predicted molar refractivity (Wildman–Crippen MR) is 80.4 cm³/mol. The Morgan fingerprint density at radius 2 is 2.15 bits per heavy atom. The first-order valence-electron chi connectivity index (χ1n) is 6.48. The molecule has 1 aromatic carbocycles. The Balaban J connectivity index is 2.09. The van der Waals surface area contributed by atoms with Gasteiger partial charge in [-0.15, -0.1) is 11.3 Å². The Bertz CT molecular complexity index is 648. The zero-order valence-electron chi connectivity index (χ0n) is 11.5. The summed E-state index contributed by atoms with van der Waals surface area (Å²) >= 11 is 1.55. The molecule has 1 unspecified atom stereocenters. The number of amides is 1. The van der Waals surface area contributed by atoms with Gasteiger partial charge in [0, 0.05) is 27.9 Å². The van der Waals surface area contributed by atoms with Crippen molar-refractivity contribution in [3.8, 4) is 0 Å². The molecule has 106 valence electrons. The molecule has 0 saturated heterocycles. The molecule has 4 nitrogen and oxygen atoms in total. The maximum Gasteiger partial charge on any atom is 0.303 e. The van der Waals surface area contributed by atoms with Gasteiger partial charge in [0.2, 0.25) is 0 Å². The van der Waals surface area contributed by atoms with E-state index in [1.807, 2.05) is 31.4 Å². The summed E-state index contributed by atoms with van der Waals surface area (Å²) < 4.78 is 1.09. The number of fused-ring (bicyclic) bond motifs is 1. The van der Waals surface area contributed by atoms with Gasteiger partial charge >= 0.3 is 5.97 Å². The Morgan fingerprint density at radius 1 is 1.40 bits per heavy atom. The number of aliphatic carboxylic acids is 1. The Morgan fingerprint density at radius 3 is 2.85 bits per heavy atom. The van der Waals surface area contributed by atoms with Gasteiger partial charge in [-0.3, -0.25) is 9.59 Å². The van der Waals surface area contributed by atoms with Crippen molar-refractivity contribution in [1.82, 2.24) is 5.32 Å². The van der Waals surface area contributed by atoms with Crippen molar-refractivity contribution in [3.05, 3.63) is 34.7 Å². The summed E-state index contributed by atoms with van der Waals surface area (Å²) in [5.41, 5.74) is 1.83. The minimum absolute atomic E-state index is 0.0605. The zero-order chi connectivity index (χ0) is 14.7. The number of nitrogens with one attached hydrogen (secondary N) is 1. The molecule has 20 heavy (non-hydrogen) atoms. The van der Waals surface area contributed by atoms with Crippen molar-refractivity contribution in [1.29, 1.82) is 0 Å². The molecule has 0 fully saturated rings. The van der Waals surface area contributed by atoms with Crippen LogP contribution in [-0.4, -0.2) is 23.0 Å². The maximum atomic E-state index is 12.2. The molecule has 0 saturated carbocycles. The van der Waals surface area contributed by atoms with Crippen LogP contribution in [0.4, 0.5) is 0 Å². The third-order valence-corrected chi connectivity index (χ3v) is 4.09. The summed E-state index contributed by atoms with van der Waals surface area (Å²) in [6.07, 6.45) is 0.493. The molecule has 0 aliphatic heterocycles. The lowest BCUT2D eigenvalue weighted by Crippen LogP contribution is -2.32. The molecular weight excluding hydrogens is 274 g/mol. The van der Waals surface area contributed by atoms with Crippen LogP contribution in [0.25, 0.3) is 10.1 Å². The molecule has 0 aliphatic rings. The minimum atomic E-state index is -0.845. The summed E-state index contributed by atoms with van der Waals surface area (Å²) in [6.45, 7) is 3.84. The van der Waals surface area contributed by atoms with Crippen molar-refractivity contribution < 1.29 is 14.7 Å². The van der Waals surface area contributed by atoms with Crippen molar-refractivity contribution in [3.63, 3.8) is 0 Å². The van der Waals surface area contributed by atoms with E-state index in [0.717, 1.165) is 10.1 Å². The number of carboxylic acid groups (broad SMARTS) is 1. The fourth-order valence-corrected chi connectivity index (χ4v) is 3.06. The van der Waals surface area contributed by atoms with Gasteiger partial charge in [-0.05, 0) is 31.9 Å². The number of carbonyl (C=O) groups is 2. The first-order valence-corrected chi connectivity index (χ1v) is 7.36. The van der Waals surface area contributed by atoms with Crippen molar-refractivity contribution in [2.24, 2.45) is 0 Å². The van der Waals surface area contributed by atoms with Gasteiger partial charge < -0.3 is 10.4 Å². The fourth-order valence-electron chi connectivity index (χ4n) is 2.02. The summed E-state index contributed by atoms with van der Waals surface area (Å²) in [5.74, 6) is -0.986. The van der Waals surface area contributed by atoms with Gasteiger partial charge in [0.25, 0.3) is 5.91 Å². The third kappa shape index (κ3) is 3.36. The third-order valence-electron chi connectivity index (χ3n) is 3.14. The molecule has 0 bridgehead atoms. The van der Waals surface area contributed by atoms with Gasteiger partial charge in [0.1, 0.15) is 0 Å². The summed E-state index contributed by atoms with van der Waals surface area (Å²) in [6, 6.07) is 5.85. The number of carboxylic acids is 1. The highest BCUT2D eigenvalue weighted by Crippen LogP contribution is 2.26. The molecule has 2 aromatic rings. The van der Waals surface area contributed by atoms with Gasteiger partial charge in [0.15, 0.2) is 0 Å². The van der Waals surface area contributed by atoms with Crippen LogP contribution in [0.3, 0.4) is 0 Å². The molecule has 0 spiro atoms. The molecule has 1 heterocycles. The van der Waals surface area contributed by atoms with E-state index in [0.29, 0.717) is 12.0 Å². The van der Waals surface area contributed by atoms with Crippen LogP contribution in [0, 0.1) is 6.92 Å². The van der Waals surface area contributed by atoms with Crippen LogP contribution in [0.5, 0.6) is 0 Å². The van der Waals surface area contributed by atoms with E-state index in [9.17, 15) is 9.59 Å². The van der Waals surface area contributed by atoms with E-state index in [1.54, 1.807) is 11.3 Å². The quantitative estimate of drug-likeness (QED) is 0.889. The number of rotatable bonds is 5. The van der Waals surface area contributed by atoms with Crippen LogP contribution >= 0.6 is 11.3 Å². The van der Waals surface area contributed by atoms with Crippen LogP contribution in [-0.2, 0) is 4.79 Å². The first kappa shape index (κ1) is 14.5. The molecule has 2 N–H and O–H groups in total. The molecule has 0 aliphatic carbocycles. The Hall–Kier alpha value is -1.88. The number of benzene rings is 1. The van der Waals surface area contributed by atoms with Crippen LogP contribution in [0.15, 0.2) is 23.6 Å². The predicted octanol–water partition coefficient (Wildman–Crippen LogP) is 3.19. The summed E-state index contributed by atoms with van der Waals surface area (Å²) in [4.78, 5) is 22.7. The second-order valence-electron chi connectivity index (χ2n) is 4.96. The van der Waals surface area contributed by atoms with Crippen molar-refractivity contribution in [2.45, 2.75) is 32.7 Å². The van der Waals surface area contributed by atoms with Crippen molar-refractivity contribution >= 4 is 33.3 Å². The highest BCUT2D eigenvalue weighted by Gasteiger charge is 2.15. The molecule has 1 aromatic heterocycles. The van der Waals surface area contributed by atoms with Gasteiger partial charge in [0.05, 0.1) is 5.56 Å². The number of carbonyl (C=O) groups excluding carboxylic acids is 1. The molecule has 5 heteroatoms. The average molecular weight is 291 g/mol. The summed E-state index contributed by atoms with van der Waals surface area (Å²) in [7, 11) is 0. The Kier molecular flexibility index (Phi) is 4.39. The lowest BCUT2D eigenvalue weighted by Gasteiger charge is -2.12. The topological polar surface area (TPSA) is 66.4 Å². The van der Waals surface area contributed by atoms with E-state index < -0.39 is 5.97 Å². The first-order chi connectivity index (χ1) is 9.47. The fraction of sp³-hybridized carbons (Fsp3) is 0.333. The molecule has 1 atom stereocenters. The van der Waals surface area contributed by atoms with Gasteiger partial charge in [-0.1, -0.05) is 12.1 Å². The normalized spacial score (nSPS) is 12.3. The average Bonchev–Trinajstić information content (AvgIpc) is 2.79. The second-order valence-corrected chi connectivity index (χ2v) is 5.87. The molecule has 1 amide bonds. The standard InChI is InChI=1S/C15H17NO3S/c1-9-3-5-11-12(8-20-13(11)7-9)15(19)16-10(2)4-6-14(17)18/h3,5,7-8,10H,4,6H2,1-2H3,(H,16,19)(H,17,18). The minimum Gasteiger partial charge on any atom is -0.481 e. The van der Waals surface area contributed by atoms with E-state index in [4.69, 9.17) is 5.11 Å². The Labute approximate surface area is 121 Å². The lowest BCUT2D eigenvalue weighted by atomic mass is 10.1. The van der Waals surface area contributed by atoms with Crippen LogP contribution < -0.4 is 5.32 Å². The maximum absolute atomic E-state index is 12.2. The molecule has 0 radical (unpaired) electrons. The molecular formula is C15H17NO3S. The highest BCUT2D eigenvalue weighted by atomic mass is 32.1. The second kappa shape index (κ2) is 6.05. The highest BCUT2D eigenvalue weighted by molar-refractivity contribution is 7.17. The summed E-state index contributed by atoms with van der Waals surface area (Å²) in [5, 5.41) is 14.3. The van der Waals surface area contributed by atoms with E-state index in [2.05, 4.69) is 11.4 Å². The van der Waals surface area contributed by atoms with Crippen molar-refractivity contribution in [2.75, 3.05) is 0 Å². The van der Waals surface area contributed by atoms with Crippen LogP contribution in [0.2, 0.25) is 0 Å². The number of aryl methyl sites for hydroxylation is 1. The van der Waals surface area contributed by atoms with Gasteiger partial charge in [-0.25, -0.2) is 0 Å². The van der Waals surface area contributed by atoms with E-state index in [-0.39, 0.29) is 18.4 Å². The number of hydrogen-bond donors (Lipinski definition) is 2. The lowest BCUT2D eigenvalue weighted by molar-refractivity contribution is -0.137. The van der Waals surface area contributed by atoms with E-state index >= 15 is 0 Å². The largest absolute Gasteiger partial charge is 0.481 e. The van der Waals surface area contributed by atoms with Crippen LogP contribution in [0.1, 0.15) is 35.7 Å². The SMILES string of the molecule is Cc1ccc2c(C(=O)NC(C)CCC(=O)O)csc2c1. The number of hydrogen-bond acceptors (Lipinski definition) is 3. The van der Waals surface area contributed by atoms with E-state index in [1.165, 1.54) is 5.56 Å². The van der Waals surface area contributed by atoms with Gasteiger partial charge in [-0.2, -0.15) is 0 Å². The molecule has 2 rings (SSSR count). The smallest absolute Gasteiger partial charge is 0.303 e. The monoisotopic (exact) mass is 291 g/mol. The zero-order valence-corrected chi connectivity index (χ0v) is 12.3.